The highest BCUT2D eigenvalue weighted by Gasteiger charge is 2.16. The summed E-state index contributed by atoms with van der Waals surface area (Å²) in [5.41, 5.74) is 2.28. The number of carbonyl (C=O) groups is 1. The first-order valence-corrected chi connectivity index (χ1v) is 8.83. The zero-order chi connectivity index (χ0) is 18.0. The molecule has 3 aromatic rings. The van der Waals surface area contributed by atoms with E-state index in [1.54, 1.807) is 24.3 Å². The molecular formula is C16H15N5O3S. The Hall–Kier alpha value is -3.07. The van der Waals surface area contributed by atoms with Gasteiger partial charge in [-0.05, 0) is 60.2 Å². The van der Waals surface area contributed by atoms with E-state index in [1.165, 1.54) is 36.1 Å². The monoisotopic (exact) mass is 357 g/mol. The molecule has 1 heterocycles. The van der Waals surface area contributed by atoms with Crippen molar-refractivity contribution in [2.75, 3.05) is 4.72 Å². The van der Waals surface area contributed by atoms with Crippen molar-refractivity contribution in [2.24, 2.45) is 0 Å². The third-order valence-electron chi connectivity index (χ3n) is 3.60. The van der Waals surface area contributed by atoms with Crippen LogP contribution in [0.15, 0.2) is 53.7 Å². The van der Waals surface area contributed by atoms with Gasteiger partial charge in [-0.15, -0.1) is 5.10 Å². The number of hydrogen-bond acceptors (Lipinski definition) is 6. The summed E-state index contributed by atoms with van der Waals surface area (Å²) >= 11 is 0. The first kappa shape index (κ1) is 16.8. The summed E-state index contributed by atoms with van der Waals surface area (Å²) in [6, 6.07) is 10.9. The minimum atomic E-state index is -3.80. The van der Waals surface area contributed by atoms with Crippen molar-refractivity contribution in [1.29, 1.82) is 0 Å². The van der Waals surface area contributed by atoms with Gasteiger partial charge in [0.15, 0.2) is 5.78 Å². The molecule has 25 heavy (non-hydrogen) atoms. The summed E-state index contributed by atoms with van der Waals surface area (Å²) in [5, 5.41) is 11.0. The number of nitrogens with zero attached hydrogens (tertiary/aromatic N) is 4. The molecule has 0 bridgehead atoms. The summed E-state index contributed by atoms with van der Waals surface area (Å²) < 4.78 is 29.1. The quantitative estimate of drug-likeness (QED) is 0.700. The number of ketones is 1. The first-order valence-electron chi connectivity index (χ1n) is 7.35. The number of sulfonamides is 1. The summed E-state index contributed by atoms with van der Waals surface area (Å²) in [6.45, 7) is 3.21. The molecule has 0 radical (unpaired) electrons. The van der Waals surface area contributed by atoms with E-state index in [1.807, 2.05) is 6.92 Å². The summed E-state index contributed by atoms with van der Waals surface area (Å²) in [6.07, 6.45) is 1.46. The van der Waals surface area contributed by atoms with Crippen LogP contribution in [0.1, 0.15) is 22.8 Å². The van der Waals surface area contributed by atoms with Crippen LogP contribution in [0.2, 0.25) is 0 Å². The van der Waals surface area contributed by atoms with Crippen molar-refractivity contribution in [3.8, 4) is 5.69 Å². The number of Topliss-reactive ketones (excluding diaryl/α,β-unsaturated/α-hetero) is 1. The minimum absolute atomic E-state index is 0.0300. The molecular weight excluding hydrogens is 342 g/mol. The number of carbonyl (C=O) groups excluding carboxylic acids is 1. The number of aromatic nitrogens is 4. The number of nitrogens with one attached hydrogen (secondary N) is 1. The molecule has 0 unspecified atom stereocenters. The molecule has 0 saturated heterocycles. The summed E-state index contributed by atoms with van der Waals surface area (Å²) in [4.78, 5) is 11.5. The lowest BCUT2D eigenvalue weighted by molar-refractivity contribution is 0.101. The highest BCUT2D eigenvalue weighted by Crippen LogP contribution is 2.21. The zero-order valence-corrected chi connectivity index (χ0v) is 14.4. The lowest BCUT2D eigenvalue weighted by Gasteiger charge is -2.11. The second-order valence-corrected chi connectivity index (χ2v) is 7.13. The van der Waals surface area contributed by atoms with Gasteiger partial charge >= 0.3 is 0 Å². The van der Waals surface area contributed by atoms with Crippen LogP contribution in [-0.4, -0.2) is 34.4 Å². The van der Waals surface area contributed by atoms with Gasteiger partial charge in [0.2, 0.25) is 0 Å². The fourth-order valence-electron chi connectivity index (χ4n) is 2.34. The molecule has 0 spiro atoms. The molecule has 8 nitrogen and oxygen atoms in total. The molecule has 0 amide bonds. The molecule has 0 aliphatic rings. The van der Waals surface area contributed by atoms with Gasteiger partial charge in [0.25, 0.3) is 10.0 Å². The van der Waals surface area contributed by atoms with E-state index in [4.69, 9.17) is 0 Å². The van der Waals surface area contributed by atoms with E-state index in [9.17, 15) is 13.2 Å². The van der Waals surface area contributed by atoms with Crippen LogP contribution < -0.4 is 4.72 Å². The zero-order valence-electron chi connectivity index (χ0n) is 13.5. The lowest BCUT2D eigenvalue weighted by Crippen LogP contribution is -2.14. The average molecular weight is 357 g/mol. The van der Waals surface area contributed by atoms with Gasteiger partial charge in [-0.25, -0.2) is 13.1 Å². The van der Waals surface area contributed by atoms with Crippen LogP contribution in [0.25, 0.3) is 5.69 Å². The van der Waals surface area contributed by atoms with Crippen LogP contribution in [0.4, 0.5) is 5.69 Å². The average Bonchev–Trinajstić information content (AvgIpc) is 3.09. The first-order chi connectivity index (χ1) is 11.9. The Morgan fingerprint density at radius 2 is 1.96 bits per heavy atom. The second-order valence-electron chi connectivity index (χ2n) is 5.45. The summed E-state index contributed by atoms with van der Waals surface area (Å²) in [7, 11) is -3.80. The van der Waals surface area contributed by atoms with Crippen molar-refractivity contribution >= 4 is 21.5 Å². The molecule has 9 heteroatoms. The highest BCUT2D eigenvalue weighted by molar-refractivity contribution is 7.92. The van der Waals surface area contributed by atoms with Gasteiger partial charge in [-0.2, -0.15) is 0 Å². The third kappa shape index (κ3) is 3.56. The predicted octanol–water partition coefficient (Wildman–Crippen LogP) is 1.97. The Morgan fingerprint density at radius 1 is 1.16 bits per heavy atom. The van der Waals surface area contributed by atoms with E-state index in [2.05, 4.69) is 20.2 Å². The van der Waals surface area contributed by atoms with Crippen LogP contribution in [-0.2, 0) is 10.0 Å². The number of rotatable bonds is 5. The number of anilines is 1. The van der Waals surface area contributed by atoms with E-state index in [0.29, 0.717) is 11.3 Å². The van der Waals surface area contributed by atoms with Gasteiger partial charge in [0.1, 0.15) is 6.33 Å². The van der Waals surface area contributed by atoms with Crippen molar-refractivity contribution in [3.05, 3.63) is 59.9 Å². The Bertz CT molecular complexity index is 1030. The maximum atomic E-state index is 12.5. The molecule has 2 aromatic carbocycles. The van der Waals surface area contributed by atoms with Crippen molar-refractivity contribution in [1.82, 2.24) is 20.2 Å². The van der Waals surface area contributed by atoms with E-state index in [-0.39, 0.29) is 10.7 Å². The fraction of sp³-hybridized carbons (Fsp3) is 0.125. The molecule has 0 saturated carbocycles. The second kappa shape index (κ2) is 6.44. The van der Waals surface area contributed by atoms with Crippen LogP contribution in [0.3, 0.4) is 0 Å². The Balaban J connectivity index is 1.90. The van der Waals surface area contributed by atoms with Gasteiger partial charge in [0, 0.05) is 11.3 Å². The fourth-order valence-corrected chi connectivity index (χ4v) is 3.44. The van der Waals surface area contributed by atoms with Gasteiger partial charge in [-0.3, -0.25) is 9.52 Å². The number of benzene rings is 2. The van der Waals surface area contributed by atoms with Crippen molar-refractivity contribution in [3.63, 3.8) is 0 Å². The molecule has 1 N–H and O–H groups in total. The summed E-state index contributed by atoms with van der Waals surface area (Å²) in [5.74, 6) is -0.196. The predicted molar refractivity (Wildman–Crippen MR) is 91.1 cm³/mol. The Labute approximate surface area is 144 Å². The molecule has 0 aliphatic carbocycles. The largest absolute Gasteiger partial charge is 0.295 e. The van der Waals surface area contributed by atoms with Crippen LogP contribution in [0.5, 0.6) is 0 Å². The normalized spacial score (nSPS) is 11.3. The van der Waals surface area contributed by atoms with Gasteiger partial charge < -0.3 is 0 Å². The number of tetrazole rings is 1. The van der Waals surface area contributed by atoms with Crippen molar-refractivity contribution in [2.45, 2.75) is 18.7 Å². The molecule has 1 aromatic heterocycles. The van der Waals surface area contributed by atoms with E-state index >= 15 is 0 Å². The minimum Gasteiger partial charge on any atom is -0.295 e. The Morgan fingerprint density at radius 3 is 2.60 bits per heavy atom. The molecule has 3 rings (SSSR count). The van der Waals surface area contributed by atoms with E-state index in [0.717, 1.165) is 11.3 Å². The van der Waals surface area contributed by atoms with Gasteiger partial charge in [-0.1, -0.05) is 12.1 Å². The maximum absolute atomic E-state index is 12.5. The van der Waals surface area contributed by atoms with Crippen molar-refractivity contribution < 1.29 is 13.2 Å². The maximum Gasteiger partial charge on any atom is 0.261 e. The number of hydrogen-bond donors (Lipinski definition) is 1. The topological polar surface area (TPSA) is 107 Å². The Kier molecular flexibility index (Phi) is 4.32. The van der Waals surface area contributed by atoms with Gasteiger partial charge in [0.05, 0.1) is 10.6 Å². The molecule has 0 aliphatic heterocycles. The standard InChI is InChI=1S/C16H15N5O3S/c1-11-8-14(6-7-16(11)21-10-17-19-20-21)18-25(23,24)15-5-3-4-13(9-15)12(2)22/h3-10,18H,1-2H3. The van der Waals surface area contributed by atoms with Crippen LogP contribution in [0, 0.1) is 6.92 Å². The molecule has 0 atom stereocenters. The smallest absolute Gasteiger partial charge is 0.261 e. The lowest BCUT2D eigenvalue weighted by atomic mass is 10.2. The van der Waals surface area contributed by atoms with Crippen LogP contribution >= 0.6 is 0 Å². The molecule has 0 fully saturated rings. The highest BCUT2D eigenvalue weighted by atomic mass is 32.2. The number of aryl methyl sites for hydroxylation is 1. The molecule has 128 valence electrons. The third-order valence-corrected chi connectivity index (χ3v) is 4.97. The SMILES string of the molecule is CC(=O)c1cccc(S(=O)(=O)Nc2ccc(-n3cnnn3)c(C)c2)c1. The van der Waals surface area contributed by atoms with E-state index < -0.39 is 10.0 Å².